The number of benzene rings is 12. The summed E-state index contributed by atoms with van der Waals surface area (Å²) < 4.78 is 96.5. The molecule has 8 heterocycles. The van der Waals surface area contributed by atoms with Crippen molar-refractivity contribution in [3.05, 3.63) is 324 Å². The van der Waals surface area contributed by atoms with Crippen molar-refractivity contribution < 1.29 is 56.8 Å². The molecule has 16 aromatic rings. The molecule has 0 amide bonds. The van der Waals surface area contributed by atoms with Gasteiger partial charge in [0.15, 0.2) is 0 Å². The van der Waals surface area contributed by atoms with Gasteiger partial charge in [-0.1, -0.05) is 48.5 Å². The molecule has 28 heteroatoms. The molecular weight excluding hydrogens is 2020 g/mol. The molecule has 5 aliphatic rings. The average Bonchev–Trinajstić information content (AvgIpc) is 0.778. The van der Waals surface area contributed by atoms with Gasteiger partial charge in [-0.25, -0.2) is 18.7 Å². The summed E-state index contributed by atoms with van der Waals surface area (Å²) in [6.07, 6.45) is 7.68. The van der Waals surface area contributed by atoms with Gasteiger partial charge >= 0.3 is 0 Å². The van der Waals surface area contributed by atoms with Crippen LogP contribution in [0.1, 0.15) is 118 Å². The minimum absolute atomic E-state index is 0.0129. The predicted molar refractivity (Wildman–Crippen MR) is 496 cm³/mol. The van der Waals surface area contributed by atoms with E-state index >= 15 is 0 Å². The van der Waals surface area contributed by atoms with Gasteiger partial charge in [-0.3, -0.25) is 0 Å². The van der Waals surface area contributed by atoms with E-state index in [-0.39, 0.29) is 53.6 Å². The molecule has 0 atom stereocenters. The van der Waals surface area contributed by atoms with Gasteiger partial charge in [0.1, 0.15) is 118 Å². The number of hydrogen-bond acceptors (Lipinski definition) is 20. The Morgan fingerprint density at radius 3 is 0.613 bits per heavy atom. The van der Waals surface area contributed by atoms with E-state index in [4.69, 9.17) is 56.8 Å². The van der Waals surface area contributed by atoms with E-state index < -0.39 is 23.7 Å². The van der Waals surface area contributed by atoms with E-state index in [0.717, 1.165) is 104 Å². The van der Waals surface area contributed by atoms with Gasteiger partial charge in [0.2, 0.25) is 27.2 Å². The number of halogens is 4. The molecule has 616 valence electrons. The lowest BCUT2D eigenvalue weighted by Crippen LogP contribution is -2.25. The monoisotopic (exact) mass is 2090 g/mol. The van der Waals surface area contributed by atoms with Gasteiger partial charge < -0.3 is 56.8 Å². The van der Waals surface area contributed by atoms with E-state index in [1.54, 1.807) is 18.7 Å². The second-order valence-electron chi connectivity index (χ2n) is 30.6. The van der Waals surface area contributed by atoms with Crippen LogP contribution in [0.3, 0.4) is 0 Å². The minimum atomic E-state index is -0.457. The molecule has 12 aromatic carbocycles. The van der Waals surface area contributed by atoms with Crippen LogP contribution in [0, 0.1) is 14.3 Å². The van der Waals surface area contributed by atoms with Crippen LogP contribution in [0.4, 0.5) is 0 Å². The van der Waals surface area contributed by atoms with Crippen LogP contribution in [0.25, 0.3) is 67.8 Å². The van der Waals surface area contributed by atoms with Crippen LogP contribution in [0.5, 0.6) is 69.0 Å². The first kappa shape index (κ1) is 78.9. The topological polar surface area (TPSA) is 234 Å². The Morgan fingerprint density at radius 1 is 0.258 bits per heavy atom. The molecule has 0 saturated carbocycles. The second kappa shape index (κ2) is 33.4. The van der Waals surface area contributed by atoms with E-state index in [2.05, 4.69) is 184 Å². The zero-order valence-electron chi connectivity index (χ0n) is 66.8. The third-order valence-corrected chi connectivity index (χ3v) is 26.2. The van der Waals surface area contributed by atoms with Crippen molar-refractivity contribution in [3.8, 4) is 137 Å². The molecule has 21 rings (SSSR count). The summed E-state index contributed by atoms with van der Waals surface area (Å²) in [6.45, 7) is 7.87. The zero-order valence-corrected chi connectivity index (χ0v) is 75.5. The summed E-state index contributed by atoms with van der Waals surface area (Å²) in [5, 5.41) is 36.1. The zero-order chi connectivity index (χ0) is 83.8. The molecule has 8 bridgehead atoms. The van der Waals surface area contributed by atoms with E-state index in [1.807, 2.05) is 219 Å². The van der Waals surface area contributed by atoms with Gasteiger partial charge in [0.05, 0.1) is 69.8 Å². The standard InChI is InChI=1S/C96H72I4N12O12/c1-53-73-37-75-54(2)77-39-79-56(4)80-40-78-55(3)76-38-74(53)90-82(46-114-70-31-7-58(8-32-70)86-42-110(106-102-86)66-23-15-62(98)16-24-66)92(76)120-51-122-94(78)84(48-116-72-35-11-60(12-36-72)88-44-112(108-104-88)68-27-19-64(100)20-28-68)96(80)124-52-123-95(79)83(47-115-71-33-9-59(10-34-71)87-43-111(107-103-87)67-25-17-63(99)18-26-67)93(77)121-50-119-91(75)81(89(73)117-49-118-90)45-113-69-29-5-57(6-30-69)85-41-109(105-101-85)65-21-13-61(97)14-22-65/h5-44,53-56H,45-52H2,1-4H3. The molecule has 1 aliphatic carbocycles. The molecule has 0 N–H and O–H groups in total. The van der Waals surface area contributed by atoms with Crippen molar-refractivity contribution >= 4 is 90.4 Å². The fourth-order valence-corrected chi connectivity index (χ4v) is 18.1. The van der Waals surface area contributed by atoms with Crippen LogP contribution >= 0.6 is 90.4 Å². The SMILES string of the molecule is CC1c2cc3c4c(COc5ccc(-c6cn(-c7ccc(I)cc7)nn6)cc5)c2OCOc2c1cc1c(c2COc2ccc(-c5cn(-c6ccc(I)cc6)nn5)cc2)OCOc2c(cc5c(c2COc2ccc(-c6cn(-c7ccc(I)cc7)nn6)cc2)OCOc2c(cc(c(c2COc2ccc(-c6cn(-c7ccc(I)cc7)nn6)cc2)OCO4)C3C)C5C)C1C. The van der Waals surface area contributed by atoms with E-state index in [9.17, 15) is 0 Å². The molecule has 24 nitrogen and oxygen atoms in total. The summed E-state index contributed by atoms with van der Waals surface area (Å²) in [4.78, 5) is 0. The van der Waals surface area contributed by atoms with Gasteiger partial charge in [-0.2, -0.15) is 0 Å². The van der Waals surface area contributed by atoms with Crippen LogP contribution < -0.4 is 56.8 Å². The largest absolute Gasteiger partial charge is 0.489 e. The normalized spacial score (nSPS) is 15.6. The van der Waals surface area contributed by atoms with Crippen molar-refractivity contribution in [2.24, 2.45) is 0 Å². The molecule has 0 radical (unpaired) electrons. The number of nitrogens with zero attached hydrogens (tertiary/aromatic N) is 12. The van der Waals surface area contributed by atoms with Gasteiger partial charge in [0.25, 0.3) is 0 Å². The van der Waals surface area contributed by atoms with Crippen LogP contribution in [0.15, 0.2) is 243 Å². The quantitative estimate of drug-likeness (QED) is 0.0645. The van der Waals surface area contributed by atoms with Crippen molar-refractivity contribution in [2.75, 3.05) is 27.2 Å². The highest BCUT2D eigenvalue weighted by atomic mass is 127. The molecule has 0 fully saturated rings. The lowest BCUT2D eigenvalue weighted by atomic mass is 9.78. The molecule has 4 aromatic heterocycles. The highest BCUT2D eigenvalue weighted by molar-refractivity contribution is 14.1. The Hall–Kier alpha value is -12.3. The van der Waals surface area contributed by atoms with Gasteiger partial charge in [-0.05, 0) is 309 Å². The molecule has 124 heavy (non-hydrogen) atoms. The number of rotatable bonds is 20. The number of aromatic nitrogens is 12. The molecule has 4 aliphatic heterocycles. The summed E-state index contributed by atoms with van der Waals surface area (Å²) in [5.41, 5.74) is 19.4. The lowest BCUT2D eigenvalue weighted by molar-refractivity contribution is 0.0902. The summed E-state index contributed by atoms with van der Waals surface area (Å²) in [7, 11) is 0. The Bertz CT molecular complexity index is 5820. The van der Waals surface area contributed by atoms with Gasteiger partial charge in [-0.15, -0.1) is 20.4 Å². The van der Waals surface area contributed by atoms with Gasteiger partial charge in [0, 0.05) is 105 Å². The lowest BCUT2D eigenvalue weighted by Gasteiger charge is -2.36. The van der Waals surface area contributed by atoms with Crippen molar-refractivity contribution in [1.29, 1.82) is 0 Å². The third kappa shape index (κ3) is 15.2. The summed E-state index contributed by atoms with van der Waals surface area (Å²) >= 11 is 9.19. The maximum absolute atomic E-state index is 7.12. The molecular formula is C96H72I4N12O12. The molecule has 0 unspecified atom stereocenters. The average molecular weight is 2090 g/mol. The van der Waals surface area contributed by atoms with Crippen LogP contribution in [-0.4, -0.2) is 87.1 Å². The molecule has 0 spiro atoms. The summed E-state index contributed by atoms with van der Waals surface area (Å²) in [5.74, 6) is 4.89. The van der Waals surface area contributed by atoms with Crippen molar-refractivity contribution in [3.63, 3.8) is 0 Å². The Balaban J connectivity index is 0.700. The third-order valence-electron chi connectivity index (χ3n) is 23.4. The maximum atomic E-state index is 7.12. The fourth-order valence-electron chi connectivity index (χ4n) is 16.7. The smallest absolute Gasteiger partial charge is 0.230 e. The van der Waals surface area contributed by atoms with Crippen LogP contribution in [0.2, 0.25) is 0 Å². The maximum Gasteiger partial charge on any atom is 0.230 e. The Morgan fingerprint density at radius 2 is 0.435 bits per heavy atom. The van der Waals surface area contributed by atoms with E-state index in [0.29, 0.717) is 114 Å². The number of ether oxygens (including phenoxy) is 12. The highest BCUT2D eigenvalue weighted by Gasteiger charge is 2.40. The number of hydrogen-bond donors (Lipinski definition) is 0. The minimum Gasteiger partial charge on any atom is -0.489 e. The Kier molecular flexibility index (Phi) is 21.3. The first-order chi connectivity index (χ1) is 60.7. The highest BCUT2D eigenvalue weighted by Crippen LogP contribution is 2.57. The van der Waals surface area contributed by atoms with Crippen molar-refractivity contribution in [2.45, 2.75) is 77.8 Å². The first-order valence-electron chi connectivity index (χ1n) is 40.2. The second-order valence-corrected chi connectivity index (χ2v) is 35.6. The summed E-state index contributed by atoms with van der Waals surface area (Å²) in [6, 6.07) is 72.8. The van der Waals surface area contributed by atoms with E-state index in [1.165, 1.54) is 0 Å². The molecule has 0 saturated heterocycles. The van der Waals surface area contributed by atoms with Crippen LogP contribution in [-0.2, 0) is 26.4 Å². The Labute approximate surface area is 766 Å². The van der Waals surface area contributed by atoms with Crippen molar-refractivity contribution in [1.82, 2.24) is 60.0 Å². The predicted octanol–water partition coefficient (Wildman–Crippen LogP) is 21.2. The fraction of sp³-hybridized carbons (Fsp3) is 0.167. The first-order valence-corrected chi connectivity index (χ1v) is 44.5.